The molecule has 0 radical (unpaired) electrons. The van der Waals surface area contributed by atoms with Crippen molar-refractivity contribution in [1.29, 1.82) is 0 Å². The predicted molar refractivity (Wildman–Crippen MR) is 95.7 cm³/mol. The second-order valence-corrected chi connectivity index (χ2v) is 8.65. The minimum absolute atomic E-state index is 0.0626. The largest absolute Gasteiger partial charge is 0.378 e. The highest BCUT2D eigenvalue weighted by Gasteiger charge is 2.40. The number of rotatable bonds is 6. The highest BCUT2D eigenvalue weighted by molar-refractivity contribution is 7.89. The van der Waals surface area contributed by atoms with Gasteiger partial charge in [-0.2, -0.15) is 4.31 Å². The summed E-state index contributed by atoms with van der Waals surface area (Å²) in [7, 11) is -3.41. The van der Waals surface area contributed by atoms with Crippen LogP contribution in [-0.4, -0.2) is 68.2 Å². The number of morpholine rings is 1. The molecule has 7 heteroatoms. The molecule has 1 aromatic rings. The summed E-state index contributed by atoms with van der Waals surface area (Å²) < 4.78 is 32.2. The van der Waals surface area contributed by atoms with Gasteiger partial charge in [-0.1, -0.05) is 30.3 Å². The lowest BCUT2D eigenvalue weighted by atomic mass is 10.1. The van der Waals surface area contributed by atoms with Crippen LogP contribution in [-0.2, 0) is 26.0 Å². The van der Waals surface area contributed by atoms with Gasteiger partial charge in [0.15, 0.2) is 0 Å². The lowest BCUT2D eigenvalue weighted by Gasteiger charge is -2.32. The number of sulfonamides is 1. The Balaban J connectivity index is 1.58. The Morgan fingerprint density at radius 3 is 2.56 bits per heavy atom. The lowest BCUT2D eigenvalue weighted by Crippen LogP contribution is -2.51. The van der Waals surface area contributed by atoms with Gasteiger partial charge in [0, 0.05) is 19.6 Å². The van der Waals surface area contributed by atoms with E-state index < -0.39 is 16.1 Å². The van der Waals surface area contributed by atoms with Crippen molar-refractivity contribution in [3.8, 4) is 0 Å². The number of carbonyl (C=O) groups is 1. The molecule has 2 heterocycles. The van der Waals surface area contributed by atoms with Gasteiger partial charge >= 0.3 is 0 Å². The number of amides is 1. The van der Waals surface area contributed by atoms with Gasteiger partial charge in [0.25, 0.3) is 0 Å². The third-order valence-corrected chi connectivity index (χ3v) is 6.84. The quantitative estimate of drug-likeness (QED) is 0.760. The van der Waals surface area contributed by atoms with Crippen LogP contribution in [0.2, 0.25) is 0 Å². The fourth-order valence-corrected chi connectivity index (χ4v) is 5.27. The first kappa shape index (κ1) is 18.4. The van der Waals surface area contributed by atoms with Gasteiger partial charge in [-0.05, 0) is 31.2 Å². The number of benzene rings is 1. The molecule has 1 aromatic carbocycles. The van der Waals surface area contributed by atoms with Crippen molar-refractivity contribution >= 4 is 15.9 Å². The van der Waals surface area contributed by atoms with Crippen LogP contribution in [0.25, 0.3) is 0 Å². The van der Waals surface area contributed by atoms with Crippen LogP contribution in [0.1, 0.15) is 24.8 Å². The summed E-state index contributed by atoms with van der Waals surface area (Å²) in [4.78, 5) is 14.5. The Labute approximate surface area is 149 Å². The van der Waals surface area contributed by atoms with Gasteiger partial charge in [0.1, 0.15) is 6.04 Å². The van der Waals surface area contributed by atoms with Crippen LogP contribution in [0, 0.1) is 0 Å². The van der Waals surface area contributed by atoms with E-state index in [4.69, 9.17) is 4.74 Å². The van der Waals surface area contributed by atoms with Gasteiger partial charge in [-0.15, -0.1) is 0 Å². The monoisotopic (exact) mass is 366 g/mol. The smallest absolute Gasteiger partial charge is 0.241 e. The highest BCUT2D eigenvalue weighted by Crippen LogP contribution is 2.24. The first-order valence-corrected chi connectivity index (χ1v) is 10.6. The minimum Gasteiger partial charge on any atom is -0.378 e. The molecule has 6 nitrogen and oxygen atoms in total. The number of ether oxygens (including phenoxy) is 1. The first-order valence-electron chi connectivity index (χ1n) is 8.98. The van der Waals surface area contributed by atoms with E-state index in [-0.39, 0.29) is 11.7 Å². The van der Waals surface area contributed by atoms with Crippen LogP contribution < -0.4 is 0 Å². The maximum Gasteiger partial charge on any atom is 0.241 e. The van der Waals surface area contributed by atoms with Gasteiger partial charge in [0.05, 0.1) is 19.0 Å². The van der Waals surface area contributed by atoms with Crippen molar-refractivity contribution in [2.45, 2.75) is 31.7 Å². The molecule has 1 amide bonds. The second kappa shape index (κ2) is 8.29. The number of hydrogen-bond donors (Lipinski definition) is 0. The topological polar surface area (TPSA) is 66.9 Å². The molecule has 2 saturated heterocycles. The number of carbonyl (C=O) groups excluding carboxylic acids is 1. The summed E-state index contributed by atoms with van der Waals surface area (Å²) in [6.45, 7) is 2.62. The van der Waals surface area contributed by atoms with E-state index >= 15 is 0 Å². The Hall–Kier alpha value is -1.44. The summed E-state index contributed by atoms with van der Waals surface area (Å²) in [6, 6.07) is 9.36. The fourth-order valence-electron chi connectivity index (χ4n) is 3.54. The molecule has 0 bridgehead atoms. The van der Waals surface area contributed by atoms with Crippen molar-refractivity contribution in [2.75, 3.05) is 38.6 Å². The molecule has 25 heavy (non-hydrogen) atoms. The molecule has 2 aliphatic rings. The molecule has 2 aliphatic heterocycles. The standard InChI is InChI=1S/C18H26N2O4S/c21-18(19-11-13-24-14-12-19)17-9-4-10-20(17)25(22,23)15-5-8-16-6-2-1-3-7-16/h1-3,6-7,17H,4-5,8-15H2/t17-/m0/s1. The third kappa shape index (κ3) is 4.59. The van der Waals surface area contributed by atoms with Crippen molar-refractivity contribution in [3.63, 3.8) is 0 Å². The summed E-state index contributed by atoms with van der Waals surface area (Å²) in [5, 5.41) is 0. The van der Waals surface area contributed by atoms with Crippen LogP contribution in [0.4, 0.5) is 0 Å². The Morgan fingerprint density at radius 2 is 1.84 bits per heavy atom. The molecule has 0 spiro atoms. The van der Waals surface area contributed by atoms with Crippen LogP contribution >= 0.6 is 0 Å². The zero-order valence-corrected chi connectivity index (χ0v) is 15.3. The zero-order chi connectivity index (χ0) is 17.7. The van der Waals surface area contributed by atoms with Crippen LogP contribution in [0.15, 0.2) is 30.3 Å². The van der Waals surface area contributed by atoms with Crippen molar-refractivity contribution in [2.24, 2.45) is 0 Å². The Kier molecular flexibility index (Phi) is 6.09. The fraction of sp³-hybridized carbons (Fsp3) is 0.611. The molecule has 1 atom stereocenters. The Bertz CT molecular complexity index is 672. The average Bonchev–Trinajstić information content (AvgIpc) is 3.13. The summed E-state index contributed by atoms with van der Waals surface area (Å²) in [5.74, 6) is 0.0295. The molecule has 0 aromatic heterocycles. The van der Waals surface area contributed by atoms with E-state index in [2.05, 4.69) is 0 Å². The molecule has 0 saturated carbocycles. The van der Waals surface area contributed by atoms with E-state index in [1.54, 1.807) is 4.90 Å². The molecular formula is C18H26N2O4S. The van der Waals surface area contributed by atoms with Gasteiger partial charge in [-0.3, -0.25) is 4.79 Å². The average molecular weight is 366 g/mol. The molecule has 0 aliphatic carbocycles. The van der Waals surface area contributed by atoms with Gasteiger partial charge in [-0.25, -0.2) is 8.42 Å². The zero-order valence-electron chi connectivity index (χ0n) is 14.5. The van der Waals surface area contributed by atoms with E-state index in [9.17, 15) is 13.2 Å². The summed E-state index contributed by atoms with van der Waals surface area (Å²) in [5.41, 5.74) is 1.14. The predicted octanol–water partition coefficient (Wildman–Crippen LogP) is 1.27. The lowest BCUT2D eigenvalue weighted by molar-refractivity contribution is -0.138. The van der Waals surface area contributed by atoms with Crippen molar-refractivity contribution in [1.82, 2.24) is 9.21 Å². The highest BCUT2D eigenvalue weighted by atomic mass is 32.2. The molecule has 0 N–H and O–H groups in total. The number of hydrogen-bond acceptors (Lipinski definition) is 4. The third-order valence-electron chi connectivity index (χ3n) is 4.88. The summed E-state index contributed by atoms with van der Waals surface area (Å²) in [6.07, 6.45) is 2.67. The maximum absolute atomic E-state index is 12.8. The van der Waals surface area contributed by atoms with E-state index in [1.165, 1.54) is 4.31 Å². The molecule has 138 valence electrons. The molecule has 0 unspecified atom stereocenters. The molecular weight excluding hydrogens is 340 g/mol. The van der Waals surface area contributed by atoms with Crippen molar-refractivity contribution < 1.29 is 17.9 Å². The number of aryl methyl sites for hydroxylation is 1. The Morgan fingerprint density at radius 1 is 1.12 bits per heavy atom. The van der Waals surface area contributed by atoms with Gasteiger partial charge < -0.3 is 9.64 Å². The summed E-state index contributed by atoms with van der Waals surface area (Å²) >= 11 is 0. The number of nitrogens with zero attached hydrogens (tertiary/aromatic N) is 2. The van der Waals surface area contributed by atoms with Gasteiger partial charge in [0.2, 0.25) is 15.9 Å². The second-order valence-electron chi connectivity index (χ2n) is 6.61. The van der Waals surface area contributed by atoms with E-state index in [0.29, 0.717) is 45.7 Å². The van der Waals surface area contributed by atoms with Crippen LogP contribution in [0.5, 0.6) is 0 Å². The SMILES string of the molecule is O=C([C@@H]1CCCN1S(=O)(=O)CCCc1ccccc1)N1CCOCC1. The van der Waals surface area contributed by atoms with Crippen LogP contribution in [0.3, 0.4) is 0 Å². The molecule has 3 rings (SSSR count). The first-order chi connectivity index (χ1) is 12.1. The van der Waals surface area contributed by atoms with Crippen molar-refractivity contribution in [3.05, 3.63) is 35.9 Å². The normalized spacial score (nSPS) is 22.2. The van der Waals surface area contributed by atoms with E-state index in [0.717, 1.165) is 18.4 Å². The molecule has 2 fully saturated rings. The van der Waals surface area contributed by atoms with E-state index in [1.807, 2.05) is 30.3 Å². The minimum atomic E-state index is -3.41. The maximum atomic E-state index is 12.8.